The first-order valence-corrected chi connectivity index (χ1v) is 5.52. The lowest BCUT2D eigenvalue weighted by molar-refractivity contribution is 0.476. The molecule has 0 saturated heterocycles. The molecule has 2 aromatic carbocycles. The lowest BCUT2D eigenvalue weighted by Crippen LogP contribution is -2.00. The number of hydrogen-bond acceptors (Lipinski definition) is 3. The highest BCUT2D eigenvalue weighted by atomic mass is 16.5. The van der Waals surface area contributed by atoms with E-state index in [4.69, 9.17) is 16.2 Å². The van der Waals surface area contributed by atoms with Crippen LogP contribution in [0.25, 0.3) is 0 Å². The Morgan fingerprint density at radius 2 is 1.76 bits per heavy atom. The summed E-state index contributed by atoms with van der Waals surface area (Å²) in [5, 5.41) is 0. The Labute approximate surface area is 101 Å². The first-order valence-electron chi connectivity index (χ1n) is 5.52. The minimum atomic E-state index is 0.409. The molecule has 0 saturated carbocycles. The van der Waals surface area contributed by atoms with Gasteiger partial charge in [-0.15, -0.1) is 0 Å². The maximum absolute atomic E-state index is 5.77. The third-order valence-corrected chi connectivity index (χ3v) is 2.55. The largest absolute Gasteiger partial charge is 0.457 e. The fourth-order valence-corrected chi connectivity index (χ4v) is 1.59. The molecular formula is C14H16N2O. The number of anilines is 1. The van der Waals surface area contributed by atoms with Crippen molar-refractivity contribution in [3.8, 4) is 11.5 Å². The van der Waals surface area contributed by atoms with E-state index in [1.54, 1.807) is 0 Å². The van der Waals surface area contributed by atoms with Crippen molar-refractivity contribution >= 4 is 5.69 Å². The second-order valence-corrected chi connectivity index (χ2v) is 3.99. The summed E-state index contributed by atoms with van der Waals surface area (Å²) in [4.78, 5) is 0. The Morgan fingerprint density at radius 1 is 1.06 bits per heavy atom. The minimum Gasteiger partial charge on any atom is -0.457 e. The summed E-state index contributed by atoms with van der Waals surface area (Å²) in [6.45, 7) is 2.45. The highest BCUT2D eigenvalue weighted by Gasteiger charge is 2.04. The Hall–Kier alpha value is -2.00. The van der Waals surface area contributed by atoms with E-state index in [0.717, 1.165) is 17.1 Å². The van der Waals surface area contributed by atoms with Crippen LogP contribution in [0, 0.1) is 6.92 Å². The minimum absolute atomic E-state index is 0.409. The Kier molecular flexibility index (Phi) is 3.30. The fraction of sp³-hybridized carbons (Fsp3) is 0.143. The average molecular weight is 228 g/mol. The average Bonchev–Trinajstić information content (AvgIpc) is 2.34. The van der Waals surface area contributed by atoms with Gasteiger partial charge in [0.15, 0.2) is 0 Å². The van der Waals surface area contributed by atoms with E-state index in [2.05, 4.69) is 0 Å². The van der Waals surface area contributed by atoms with Gasteiger partial charge in [-0.3, -0.25) is 0 Å². The van der Waals surface area contributed by atoms with E-state index in [9.17, 15) is 0 Å². The van der Waals surface area contributed by atoms with Crippen molar-refractivity contribution in [3.05, 3.63) is 53.6 Å². The van der Waals surface area contributed by atoms with Crippen molar-refractivity contribution < 1.29 is 4.74 Å². The molecule has 3 heteroatoms. The van der Waals surface area contributed by atoms with Crippen molar-refractivity contribution in [2.24, 2.45) is 5.73 Å². The molecule has 0 aliphatic heterocycles. The summed E-state index contributed by atoms with van der Waals surface area (Å²) < 4.78 is 5.77. The van der Waals surface area contributed by atoms with Crippen LogP contribution in [0.15, 0.2) is 42.5 Å². The third kappa shape index (κ3) is 2.77. The van der Waals surface area contributed by atoms with E-state index in [0.29, 0.717) is 12.2 Å². The van der Waals surface area contributed by atoms with Gasteiger partial charge in [-0.1, -0.05) is 17.7 Å². The van der Waals surface area contributed by atoms with Gasteiger partial charge in [0, 0.05) is 17.8 Å². The van der Waals surface area contributed by atoms with Gasteiger partial charge in [-0.25, -0.2) is 0 Å². The standard InChI is InChI=1S/C14H16N2O/c1-10-2-5-13(6-3-10)17-14-7-4-12(16)8-11(14)9-15/h2-8H,9,15-16H2,1H3. The van der Waals surface area contributed by atoms with E-state index in [-0.39, 0.29) is 0 Å². The van der Waals surface area contributed by atoms with E-state index in [1.165, 1.54) is 5.56 Å². The number of ether oxygens (including phenoxy) is 1. The maximum Gasteiger partial charge on any atom is 0.132 e. The second-order valence-electron chi connectivity index (χ2n) is 3.99. The summed E-state index contributed by atoms with van der Waals surface area (Å²) in [7, 11) is 0. The van der Waals surface area contributed by atoms with E-state index in [1.807, 2.05) is 49.4 Å². The van der Waals surface area contributed by atoms with Gasteiger partial charge in [0.05, 0.1) is 0 Å². The van der Waals surface area contributed by atoms with Crippen LogP contribution in [0.3, 0.4) is 0 Å². The van der Waals surface area contributed by atoms with Gasteiger partial charge in [0.2, 0.25) is 0 Å². The van der Waals surface area contributed by atoms with Crippen molar-refractivity contribution in [2.45, 2.75) is 13.5 Å². The van der Waals surface area contributed by atoms with Crippen LogP contribution in [0.1, 0.15) is 11.1 Å². The number of rotatable bonds is 3. The van der Waals surface area contributed by atoms with Crippen molar-refractivity contribution in [3.63, 3.8) is 0 Å². The molecule has 2 aromatic rings. The van der Waals surface area contributed by atoms with Crippen LogP contribution in [-0.2, 0) is 6.54 Å². The van der Waals surface area contributed by atoms with E-state index < -0.39 is 0 Å². The Morgan fingerprint density at radius 3 is 2.41 bits per heavy atom. The predicted molar refractivity (Wildman–Crippen MR) is 70.0 cm³/mol. The summed E-state index contributed by atoms with van der Waals surface area (Å²) in [6, 6.07) is 13.4. The molecule has 0 amide bonds. The zero-order chi connectivity index (χ0) is 12.3. The molecule has 0 bridgehead atoms. The van der Waals surface area contributed by atoms with Gasteiger partial charge in [0.1, 0.15) is 11.5 Å². The normalized spacial score (nSPS) is 10.2. The molecule has 0 aliphatic rings. The second kappa shape index (κ2) is 4.89. The highest BCUT2D eigenvalue weighted by Crippen LogP contribution is 2.26. The lowest BCUT2D eigenvalue weighted by Gasteiger charge is -2.10. The summed E-state index contributed by atoms with van der Waals surface area (Å²) in [5.74, 6) is 1.56. The van der Waals surface area contributed by atoms with Crippen LogP contribution in [0.4, 0.5) is 5.69 Å². The molecule has 0 radical (unpaired) electrons. The SMILES string of the molecule is Cc1ccc(Oc2ccc(N)cc2CN)cc1. The quantitative estimate of drug-likeness (QED) is 0.794. The van der Waals surface area contributed by atoms with Gasteiger partial charge >= 0.3 is 0 Å². The zero-order valence-electron chi connectivity index (χ0n) is 9.81. The van der Waals surface area contributed by atoms with Crippen LogP contribution in [0.5, 0.6) is 11.5 Å². The van der Waals surface area contributed by atoms with Crippen LogP contribution >= 0.6 is 0 Å². The number of hydrogen-bond donors (Lipinski definition) is 2. The highest BCUT2D eigenvalue weighted by molar-refractivity contribution is 5.49. The predicted octanol–water partition coefficient (Wildman–Crippen LogP) is 2.83. The first-order chi connectivity index (χ1) is 8.19. The molecule has 0 heterocycles. The molecule has 0 unspecified atom stereocenters. The van der Waals surface area contributed by atoms with Crippen LogP contribution in [-0.4, -0.2) is 0 Å². The van der Waals surface area contributed by atoms with Gasteiger partial charge in [0.25, 0.3) is 0 Å². The summed E-state index contributed by atoms with van der Waals surface area (Å²) >= 11 is 0. The molecule has 3 nitrogen and oxygen atoms in total. The fourth-order valence-electron chi connectivity index (χ4n) is 1.59. The molecule has 0 fully saturated rings. The smallest absolute Gasteiger partial charge is 0.132 e. The number of nitrogens with two attached hydrogens (primary N) is 2. The van der Waals surface area contributed by atoms with Crippen molar-refractivity contribution in [2.75, 3.05) is 5.73 Å². The molecular weight excluding hydrogens is 212 g/mol. The third-order valence-electron chi connectivity index (χ3n) is 2.55. The zero-order valence-corrected chi connectivity index (χ0v) is 9.81. The molecule has 0 aromatic heterocycles. The first kappa shape index (κ1) is 11.5. The van der Waals surface area contributed by atoms with E-state index >= 15 is 0 Å². The monoisotopic (exact) mass is 228 g/mol. The van der Waals surface area contributed by atoms with Gasteiger partial charge < -0.3 is 16.2 Å². The molecule has 2 rings (SSSR count). The Balaban J connectivity index is 2.26. The van der Waals surface area contributed by atoms with Gasteiger partial charge in [-0.05, 0) is 37.3 Å². The topological polar surface area (TPSA) is 61.3 Å². The van der Waals surface area contributed by atoms with Crippen molar-refractivity contribution in [1.82, 2.24) is 0 Å². The summed E-state index contributed by atoms with van der Waals surface area (Å²) in [6.07, 6.45) is 0. The molecule has 0 aliphatic carbocycles. The maximum atomic E-state index is 5.77. The number of nitrogen functional groups attached to an aromatic ring is 1. The molecule has 0 atom stereocenters. The van der Waals surface area contributed by atoms with Crippen molar-refractivity contribution in [1.29, 1.82) is 0 Å². The lowest BCUT2D eigenvalue weighted by atomic mass is 10.2. The molecule has 17 heavy (non-hydrogen) atoms. The summed E-state index contributed by atoms with van der Waals surface area (Å²) in [5.41, 5.74) is 14.2. The Bertz CT molecular complexity index is 506. The molecule has 4 N–H and O–H groups in total. The number of benzene rings is 2. The molecule has 0 spiro atoms. The molecule has 88 valence electrons. The number of aryl methyl sites for hydroxylation is 1. The van der Waals surface area contributed by atoms with Gasteiger partial charge in [-0.2, -0.15) is 0 Å². The van der Waals surface area contributed by atoms with Crippen LogP contribution < -0.4 is 16.2 Å². The van der Waals surface area contributed by atoms with Crippen LogP contribution in [0.2, 0.25) is 0 Å².